The summed E-state index contributed by atoms with van der Waals surface area (Å²) in [7, 11) is 2.18. The zero-order valence-corrected chi connectivity index (χ0v) is 19.7. The van der Waals surface area contributed by atoms with Crippen molar-refractivity contribution in [2.75, 3.05) is 46.3 Å². The summed E-state index contributed by atoms with van der Waals surface area (Å²) in [6.45, 7) is 6.50. The van der Waals surface area contributed by atoms with Crippen LogP contribution >= 0.6 is 23.1 Å². The van der Waals surface area contributed by atoms with Crippen LogP contribution in [0.3, 0.4) is 0 Å². The topological polar surface area (TPSA) is 48.5 Å². The molecule has 0 radical (unpaired) electrons. The Bertz CT molecular complexity index is 948. The molecule has 0 unspecified atom stereocenters. The average molecular weight is 455 g/mol. The van der Waals surface area contributed by atoms with E-state index in [0.717, 1.165) is 73.3 Å². The second-order valence-corrected chi connectivity index (χ2v) is 10.3. The molecule has 5 nitrogen and oxygen atoms in total. The zero-order chi connectivity index (χ0) is 21.5. The fourth-order valence-corrected chi connectivity index (χ4v) is 5.67. The minimum Gasteiger partial charge on any atom is -0.352 e. The Kier molecular flexibility index (Phi) is 7.97. The highest BCUT2D eigenvalue weighted by Crippen LogP contribution is 2.31. The molecule has 2 heterocycles. The number of hydrogen-bond donors (Lipinski definition) is 1. The number of hydrogen-bond acceptors (Lipinski definition) is 6. The number of amides is 1. The maximum atomic E-state index is 12.4. The standard InChI is InChI=1S/C24H30N4OS2/c1-27-14-16-28(17-15-27)13-5-4-12-25-23(29)20-10-8-19(9-11-20)18-30-24-26-21-6-2-3-7-22(21)31-24/h2-3,6-11H,4-5,12-18H2,1H3,(H,25,29). The Labute approximate surface area is 192 Å². The SMILES string of the molecule is CN1CCN(CCCCNC(=O)c2ccc(CSc3nc4ccccc4s3)cc2)CC1. The number of carbonyl (C=O) groups excluding carboxylic acids is 1. The Morgan fingerprint density at radius 2 is 1.84 bits per heavy atom. The Morgan fingerprint density at radius 1 is 1.06 bits per heavy atom. The minimum absolute atomic E-state index is 0.0185. The summed E-state index contributed by atoms with van der Waals surface area (Å²) in [5.74, 6) is 0.874. The van der Waals surface area contributed by atoms with Crippen molar-refractivity contribution in [2.45, 2.75) is 22.9 Å². The molecular formula is C24H30N4OS2. The van der Waals surface area contributed by atoms with Crippen LogP contribution in [0.2, 0.25) is 0 Å². The van der Waals surface area contributed by atoms with Gasteiger partial charge < -0.3 is 15.1 Å². The van der Waals surface area contributed by atoms with Crippen molar-refractivity contribution < 1.29 is 4.79 Å². The number of nitrogens with zero attached hydrogens (tertiary/aromatic N) is 3. The molecule has 7 heteroatoms. The number of thiazole rings is 1. The van der Waals surface area contributed by atoms with Crippen LogP contribution < -0.4 is 5.32 Å². The van der Waals surface area contributed by atoms with Gasteiger partial charge in [0.2, 0.25) is 0 Å². The van der Waals surface area contributed by atoms with E-state index in [0.29, 0.717) is 0 Å². The van der Waals surface area contributed by atoms with E-state index in [2.05, 4.69) is 39.3 Å². The molecule has 0 bridgehead atoms. The number of rotatable bonds is 9. The van der Waals surface area contributed by atoms with Gasteiger partial charge in [-0.05, 0) is 56.3 Å². The summed E-state index contributed by atoms with van der Waals surface area (Å²) >= 11 is 3.47. The van der Waals surface area contributed by atoms with E-state index in [1.165, 1.54) is 10.3 Å². The Hall–Kier alpha value is -1.93. The minimum atomic E-state index is 0.0185. The van der Waals surface area contributed by atoms with Gasteiger partial charge in [-0.3, -0.25) is 4.79 Å². The Morgan fingerprint density at radius 3 is 2.61 bits per heavy atom. The first-order valence-corrected chi connectivity index (χ1v) is 12.7. The van der Waals surface area contributed by atoms with Crippen LogP contribution in [0.25, 0.3) is 10.2 Å². The number of likely N-dealkylation sites (N-methyl/N-ethyl adjacent to an activating group) is 1. The largest absolute Gasteiger partial charge is 0.352 e. The van der Waals surface area contributed by atoms with Crippen molar-refractivity contribution >= 4 is 39.2 Å². The summed E-state index contributed by atoms with van der Waals surface area (Å²) < 4.78 is 2.31. The molecule has 1 aliphatic heterocycles. The summed E-state index contributed by atoms with van der Waals surface area (Å²) in [6, 6.07) is 16.2. The first kappa shape index (κ1) is 22.3. The molecule has 1 aliphatic rings. The normalized spacial score (nSPS) is 15.4. The van der Waals surface area contributed by atoms with Crippen LogP contribution in [0.4, 0.5) is 0 Å². The molecule has 3 aromatic rings. The van der Waals surface area contributed by atoms with Gasteiger partial charge in [0.1, 0.15) is 0 Å². The van der Waals surface area contributed by atoms with E-state index < -0.39 is 0 Å². The van der Waals surface area contributed by atoms with Crippen molar-refractivity contribution in [3.05, 3.63) is 59.7 Å². The first-order valence-electron chi connectivity index (χ1n) is 10.9. The highest BCUT2D eigenvalue weighted by atomic mass is 32.2. The van der Waals surface area contributed by atoms with Gasteiger partial charge >= 0.3 is 0 Å². The quantitative estimate of drug-likeness (QED) is 0.385. The predicted molar refractivity (Wildman–Crippen MR) is 131 cm³/mol. The highest BCUT2D eigenvalue weighted by molar-refractivity contribution is 8.00. The van der Waals surface area contributed by atoms with Crippen molar-refractivity contribution in [1.82, 2.24) is 20.1 Å². The number of unbranched alkanes of at least 4 members (excludes halogenated alkanes) is 1. The lowest BCUT2D eigenvalue weighted by Gasteiger charge is -2.32. The maximum absolute atomic E-state index is 12.4. The summed E-state index contributed by atoms with van der Waals surface area (Å²) in [5.41, 5.74) is 2.99. The van der Waals surface area contributed by atoms with E-state index in [4.69, 9.17) is 0 Å². The lowest BCUT2D eigenvalue weighted by Crippen LogP contribution is -2.44. The molecule has 0 aliphatic carbocycles. The lowest BCUT2D eigenvalue weighted by molar-refractivity contribution is 0.0952. The van der Waals surface area contributed by atoms with Gasteiger partial charge in [-0.2, -0.15) is 0 Å². The number of nitrogens with one attached hydrogen (secondary N) is 1. The van der Waals surface area contributed by atoms with Gasteiger partial charge in [0.05, 0.1) is 10.2 Å². The first-order chi connectivity index (χ1) is 15.2. The van der Waals surface area contributed by atoms with Crippen LogP contribution in [0, 0.1) is 0 Å². The second kappa shape index (κ2) is 11.1. The fraction of sp³-hybridized carbons (Fsp3) is 0.417. The van der Waals surface area contributed by atoms with Crippen molar-refractivity contribution in [1.29, 1.82) is 0 Å². The van der Waals surface area contributed by atoms with Gasteiger partial charge in [0, 0.05) is 44.0 Å². The smallest absolute Gasteiger partial charge is 0.251 e. The molecule has 1 amide bonds. The molecule has 1 saturated heterocycles. The molecule has 0 atom stereocenters. The van der Waals surface area contributed by atoms with Gasteiger partial charge in [0.25, 0.3) is 5.91 Å². The van der Waals surface area contributed by atoms with Gasteiger partial charge in [0.15, 0.2) is 4.34 Å². The van der Waals surface area contributed by atoms with E-state index in [1.807, 2.05) is 36.4 Å². The van der Waals surface area contributed by atoms with E-state index in [9.17, 15) is 4.79 Å². The van der Waals surface area contributed by atoms with Crippen LogP contribution in [0.5, 0.6) is 0 Å². The van der Waals surface area contributed by atoms with Crippen LogP contribution in [-0.4, -0.2) is 67.0 Å². The molecule has 0 saturated carbocycles. The highest BCUT2D eigenvalue weighted by Gasteiger charge is 2.13. The number of carbonyl (C=O) groups is 1. The Balaban J connectivity index is 1.16. The molecule has 1 N–H and O–H groups in total. The van der Waals surface area contributed by atoms with Crippen LogP contribution in [0.15, 0.2) is 52.9 Å². The number of fused-ring (bicyclic) bond motifs is 1. The number of piperazine rings is 1. The van der Waals surface area contributed by atoms with Crippen molar-refractivity contribution in [3.63, 3.8) is 0 Å². The monoisotopic (exact) mass is 454 g/mol. The third kappa shape index (κ3) is 6.53. The van der Waals surface area contributed by atoms with Gasteiger partial charge in [-0.25, -0.2) is 4.98 Å². The number of para-hydroxylation sites is 1. The molecule has 31 heavy (non-hydrogen) atoms. The third-order valence-electron chi connectivity index (χ3n) is 5.64. The molecular weight excluding hydrogens is 424 g/mol. The molecule has 164 valence electrons. The number of thioether (sulfide) groups is 1. The van der Waals surface area contributed by atoms with E-state index >= 15 is 0 Å². The van der Waals surface area contributed by atoms with Gasteiger partial charge in [-0.15, -0.1) is 11.3 Å². The van der Waals surface area contributed by atoms with Crippen molar-refractivity contribution in [2.24, 2.45) is 0 Å². The molecule has 1 fully saturated rings. The average Bonchev–Trinajstić information content (AvgIpc) is 3.22. The molecule has 1 aromatic heterocycles. The van der Waals surface area contributed by atoms with E-state index in [1.54, 1.807) is 23.1 Å². The third-order valence-corrected chi connectivity index (χ3v) is 7.89. The molecule has 4 rings (SSSR count). The second-order valence-electron chi connectivity index (χ2n) is 8.04. The number of benzene rings is 2. The fourth-order valence-electron chi connectivity index (χ4n) is 3.65. The van der Waals surface area contributed by atoms with Crippen molar-refractivity contribution in [3.8, 4) is 0 Å². The number of aromatic nitrogens is 1. The molecule has 2 aromatic carbocycles. The van der Waals surface area contributed by atoms with E-state index in [-0.39, 0.29) is 5.91 Å². The maximum Gasteiger partial charge on any atom is 0.251 e. The van der Waals surface area contributed by atoms with Crippen LogP contribution in [-0.2, 0) is 5.75 Å². The molecule has 0 spiro atoms. The van der Waals surface area contributed by atoms with Gasteiger partial charge in [-0.1, -0.05) is 36.0 Å². The summed E-state index contributed by atoms with van der Waals surface area (Å²) in [6.07, 6.45) is 2.15. The predicted octanol–water partition coefficient (Wildman–Crippen LogP) is 4.35. The summed E-state index contributed by atoms with van der Waals surface area (Å²) in [5, 5.41) is 3.06. The zero-order valence-electron chi connectivity index (χ0n) is 18.0. The lowest BCUT2D eigenvalue weighted by atomic mass is 10.1. The summed E-state index contributed by atoms with van der Waals surface area (Å²) in [4.78, 5) is 22.0. The van der Waals surface area contributed by atoms with Crippen LogP contribution in [0.1, 0.15) is 28.8 Å².